The molecule has 1 N–H and O–H groups in total. The third kappa shape index (κ3) is 5.90. The van der Waals surface area contributed by atoms with Crippen LogP contribution < -0.4 is 5.32 Å². The van der Waals surface area contributed by atoms with Crippen molar-refractivity contribution in [2.45, 2.75) is 17.4 Å². The van der Waals surface area contributed by atoms with E-state index in [1.165, 1.54) is 31.3 Å². The Morgan fingerprint density at radius 1 is 1.24 bits per heavy atom. The summed E-state index contributed by atoms with van der Waals surface area (Å²) in [7, 11) is -2.36. The van der Waals surface area contributed by atoms with Crippen LogP contribution in [0.25, 0.3) is 0 Å². The average Bonchev–Trinajstić information content (AvgIpc) is 3.24. The maximum Gasteiger partial charge on any atom is 0.243 e. The number of amides is 1. The summed E-state index contributed by atoms with van der Waals surface area (Å²) >= 11 is 5.82. The standard InChI is InChI=1S/C19H28ClN3O5S/c1-22(29(25,26)17-4-2-16(20)3-5-17)13-19(24)21-12-18(15-6-9-28-14-15)23-7-10-27-11-8-23/h2-5,15,18H,6-14H2,1H3,(H,21,24). The van der Waals surface area contributed by atoms with Gasteiger partial charge in [0, 0.05) is 50.3 Å². The minimum absolute atomic E-state index is 0.103. The van der Waals surface area contributed by atoms with Gasteiger partial charge in [0.05, 0.1) is 31.3 Å². The summed E-state index contributed by atoms with van der Waals surface area (Å²) in [6, 6.07) is 6.04. The first-order chi connectivity index (χ1) is 13.9. The van der Waals surface area contributed by atoms with Crippen LogP contribution in [-0.2, 0) is 24.3 Å². The predicted molar refractivity (Wildman–Crippen MR) is 109 cm³/mol. The average molecular weight is 446 g/mol. The summed E-state index contributed by atoms with van der Waals surface area (Å²) in [4.78, 5) is 14.9. The minimum atomic E-state index is -3.76. The molecule has 2 saturated heterocycles. The maximum absolute atomic E-state index is 12.6. The third-order valence-electron chi connectivity index (χ3n) is 5.42. The Hall–Kier alpha value is -1.23. The van der Waals surface area contributed by atoms with Crippen molar-refractivity contribution in [3.63, 3.8) is 0 Å². The molecule has 0 bridgehead atoms. The van der Waals surface area contributed by atoms with Crippen LogP contribution in [0.15, 0.2) is 29.2 Å². The van der Waals surface area contributed by atoms with Crippen molar-refractivity contribution in [1.29, 1.82) is 0 Å². The number of carbonyl (C=O) groups is 1. The van der Waals surface area contributed by atoms with Crippen molar-refractivity contribution in [3.05, 3.63) is 29.3 Å². The molecule has 162 valence electrons. The Balaban J connectivity index is 1.57. The van der Waals surface area contributed by atoms with Gasteiger partial charge in [-0.1, -0.05) is 11.6 Å². The summed E-state index contributed by atoms with van der Waals surface area (Å²) < 4.78 is 37.3. The Morgan fingerprint density at radius 3 is 2.55 bits per heavy atom. The molecule has 2 aliphatic heterocycles. The van der Waals surface area contributed by atoms with Crippen LogP contribution in [0.3, 0.4) is 0 Å². The lowest BCUT2D eigenvalue weighted by Gasteiger charge is -2.37. The highest BCUT2D eigenvalue weighted by Gasteiger charge is 2.32. The summed E-state index contributed by atoms with van der Waals surface area (Å²) in [6.07, 6.45) is 0.961. The molecular weight excluding hydrogens is 418 g/mol. The predicted octanol–water partition coefficient (Wildman–Crippen LogP) is 0.814. The fourth-order valence-corrected chi connectivity index (χ4v) is 4.96. The van der Waals surface area contributed by atoms with Gasteiger partial charge in [-0.05, 0) is 30.7 Å². The van der Waals surface area contributed by atoms with Crippen LogP contribution in [-0.4, -0.2) is 89.2 Å². The van der Waals surface area contributed by atoms with Crippen LogP contribution >= 0.6 is 11.6 Å². The lowest BCUT2D eigenvalue weighted by molar-refractivity contribution is -0.121. The molecular formula is C19H28ClN3O5S. The first kappa shape index (κ1) is 22.5. The van der Waals surface area contributed by atoms with E-state index in [0.29, 0.717) is 37.3 Å². The first-order valence-corrected chi connectivity index (χ1v) is 11.6. The van der Waals surface area contributed by atoms with Gasteiger partial charge in [-0.2, -0.15) is 4.31 Å². The molecule has 1 aromatic rings. The van der Waals surface area contributed by atoms with E-state index in [1.807, 2.05) is 0 Å². The number of nitrogens with one attached hydrogen (secondary N) is 1. The molecule has 0 saturated carbocycles. The molecule has 1 amide bonds. The first-order valence-electron chi connectivity index (χ1n) is 9.76. The Morgan fingerprint density at radius 2 is 1.93 bits per heavy atom. The highest BCUT2D eigenvalue weighted by atomic mass is 35.5. The van der Waals surface area contributed by atoms with Crippen molar-refractivity contribution in [2.24, 2.45) is 5.92 Å². The van der Waals surface area contributed by atoms with Crippen LogP contribution in [0, 0.1) is 5.92 Å². The number of halogens is 1. The monoisotopic (exact) mass is 445 g/mol. The van der Waals surface area contributed by atoms with Gasteiger partial charge >= 0.3 is 0 Å². The SMILES string of the molecule is CN(CC(=O)NCC(C1CCOC1)N1CCOCC1)S(=O)(=O)c1ccc(Cl)cc1. The number of nitrogens with zero attached hydrogens (tertiary/aromatic N) is 2. The Labute approximate surface area is 177 Å². The molecule has 0 spiro atoms. The number of ether oxygens (including phenoxy) is 2. The van der Waals surface area contributed by atoms with Crippen molar-refractivity contribution in [3.8, 4) is 0 Å². The van der Waals surface area contributed by atoms with Crippen LogP contribution in [0.4, 0.5) is 0 Å². The van der Waals surface area contributed by atoms with Gasteiger partial charge in [0.15, 0.2) is 0 Å². The molecule has 10 heteroatoms. The zero-order valence-corrected chi connectivity index (χ0v) is 18.1. The van der Waals surface area contributed by atoms with Crippen molar-refractivity contribution in [2.75, 3.05) is 59.7 Å². The number of sulfonamides is 1. The molecule has 2 unspecified atom stereocenters. The molecule has 29 heavy (non-hydrogen) atoms. The second-order valence-corrected chi connectivity index (χ2v) is 9.84. The van der Waals surface area contributed by atoms with Crippen molar-refractivity contribution in [1.82, 2.24) is 14.5 Å². The van der Waals surface area contributed by atoms with Gasteiger partial charge in [0.25, 0.3) is 0 Å². The Bertz CT molecular complexity index is 778. The third-order valence-corrected chi connectivity index (χ3v) is 7.49. The summed E-state index contributed by atoms with van der Waals surface area (Å²) in [5, 5.41) is 3.37. The highest BCUT2D eigenvalue weighted by molar-refractivity contribution is 7.89. The van der Waals surface area contributed by atoms with Gasteiger partial charge in [-0.25, -0.2) is 8.42 Å². The van der Waals surface area contributed by atoms with Gasteiger partial charge in [-0.15, -0.1) is 0 Å². The number of hydrogen-bond donors (Lipinski definition) is 1. The molecule has 8 nitrogen and oxygen atoms in total. The van der Waals surface area contributed by atoms with E-state index in [4.69, 9.17) is 21.1 Å². The van der Waals surface area contributed by atoms with Crippen molar-refractivity contribution >= 4 is 27.5 Å². The van der Waals surface area contributed by atoms with E-state index in [1.54, 1.807) is 0 Å². The molecule has 2 aliphatic rings. The fraction of sp³-hybridized carbons (Fsp3) is 0.632. The zero-order valence-electron chi connectivity index (χ0n) is 16.5. The number of carbonyl (C=O) groups excluding carboxylic acids is 1. The fourth-order valence-electron chi connectivity index (χ4n) is 3.71. The summed E-state index contributed by atoms with van der Waals surface area (Å²) in [5.74, 6) is 0.0196. The highest BCUT2D eigenvalue weighted by Crippen LogP contribution is 2.22. The normalized spacial score (nSPS) is 22.0. The molecule has 0 aromatic heterocycles. The number of benzene rings is 1. The lowest BCUT2D eigenvalue weighted by Crippen LogP contribution is -2.53. The molecule has 2 heterocycles. The molecule has 0 aliphatic carbocycles. The van der Waals surface area contributed by atoms with E-state index in [9.17, 15) is 13.2 Å². The topological polar surface area (TPSA) is 88.2 Å². The van der Waals surface area contributed by atoms with Crippen LogP contribution in [0.1, 0.15) is 6.42 Å². The second-order valence-electron chi connectivity index (χ2n) is 7.36. The number of likely N-dealkylation sites (N-methyl/N-ethyl adjacent to an activating group) is 1. The lowest BCUT2D eigenvalue weighted by atomic mass is 9.97. The molecule has 1 aromatic carbocycles. The second kappa shape index (κ2) is 10.2. The van der Waals surface area contributed by atoms with E-state index in [0.717, 1.165) is 30.4 Å². The quantitative estimate of drug-likeness (QED) is 0.637. The van der Waals surface area contributed by atoms with Crippen LogP contribution in [0.5, 0.6) is 0 Å². The van der Waals surface area contributed by atoms with E-state index < -0.39 is 10.0 Å². The van der Waals surface area contributed by atoms with E-state index >= 15 is 0 Å². The van der Waals surface area contributed by atoms with E-state index in [-0.39, 0.29) is 23.4 Å². The maximum atomic E-state index is 12.6. The van der Waals surface area contributed by atoms with Crippen LogP contribution in [0.2, 0.25) is 5.02 Å². The van der Waals surface area contributed by atoms with Crippen molar-refractivity contribution < 1.29 is 22.7 Å². The molecule has 2 atom stereocenters. The zero-order chi connectivity index (χ0) is 20.9. The van der Waals surface area contributed by atoms with E-state index in [2.05, 4.69) is 10.2 Å². The van der Waals surface area contributed by atoms with Gasteiger partial charge in [0.2, 0.25) is 15.9 Å². The van der Waals surface area contributed by atoms with Gasteiger partial charge in [0.1, 0.15) is 0 Å². The minimum Gasteiger partial charge on any atom is -0.381 e. The number of rotatable bonds is 8. The molecule has 2 fully saturated rings. The van der Waals surface area contributed by atoms with Gasteiger partial charge in [-0.3, -0.25) is 9.69 Å². The van der Waals surface area contributed by atoms with Gasteiger partial charge < -0.3 is 14.8 Å². The molecule has 0 radical (unpaired) electrons. The summed E-state index contributed by atoms with van der Waals surface area (Å²) in [5.41, 5.74) is 0. The largest absolute Gasteiger partial charge is 0.381 e. The number of hydrogen-bond acceptors (Lipinski definition) is 6. The Kier molecular flexibility index (Phi) is 7.89. The molecule has 3 rings (SSSR count). The summed E-state index contributed by atoms with van der Waals surface area (Å²) in [6.45, 7) is 4.64. The smallest absolute Gasteiger partial charge is 0.243 e. The number of morpholine rings is 1.